The lowest BCUT2D eigenvalue weighted by Crippen LogP contribution is -2.45. The van der Waals surface area contributed by atoms with Crippen LogP contribution in [-0.2, 0) is 11.3 Å². The molecule has 108 valence electrons. The molecule has 3 N–H and O–H groups in total. The molecule has 0 aliphatic carbocycles. The lowest BCUT2D eigenvalue weighted by molar-refractivity contribution is -0.123. The van der Waals surface area contributed by atoms with E-state index in [2.05, 4.69) is 29.4 Å². The van der Waals surface area contributed by atoms with Crippen molar-refractivity contribution in [1.29, 1.82) is 0 Å². The highest BCUT2D eigenvalue weighted by Crippen LogP contribution is 2.09. The van der Waals surface area contributed by atoms with Gasteiger partial charge in [-0.3, -0.25) is 4.79 Å². The van der Waals surface area contributed by atoms with Crippen molar-refractivity contribution in [1.82, 2.24) is 20.1 Å². The van der Waals surface area contributed by atoms with Crippen LogP contribution in [0.5, 0.6) is 0 Å². The van der Waals surface area contributed by atoms with Gasteiger partial charge in [-0.05, 0) is 5.92 Å². The molecule has 0 radical (unpaired) electrons. The van der Waals surface area contributed by atoms with Crippen LogP contribution in [0, 0.1) is 5.92 Å². The lowest BCUT2D eigenvalue weighted by atomic mass is 9.99. The summed E-state index contributed by atoms with van der Waals surface area (Å²) in [4.78, 5) is 11.8. The lowest BCUT2D eigenvalue weighted by Gasteiger charge is -2.18. The van der Waals surface area contributed by atoms with Gasteiger partial charge in [-0.1, -0.05) is 34.1 Å². The molecule has 6 heteroatoms. The van der Waals surface area contributed by atoms with Crippen LogP contribution in [-0.4, -0.2) is 33.3 Å². The molecule has 0 saturated heterocycles. The molecule has 1 heterocycles. The van der Waals surface area contributed by atoms with Gasteiger partial charge >= 0.3 is 0 Å². The summed E-state index contributed by atoms with van der Waals surface area (Å²) < 4.78 is 1.96. The van der Waals surface area contributed by atoms with Gasteiger partial charge in [0.15, 0.2) is 0 Å². The predicted molar refractivity (Wildman–Crippen MR) is 74.6 cm³/mol. The minimum absolute atomic E-state index is 0.0893. The van der Waals surface area contributed by atoms with E-state index in [4.69, 9.17) is 5.73 Å². The molecule has 2 atom stereocenters. The SMILES string of the molecule is CCC(C)C(N)C(=O)NCCn1cnnc1C(C)C. The van der Waals surface area contributed by atoms with Gasteiger partial charge < -0.3 is 15.6 Å². The minimum atomic E-state index is -0.435. The highest BCUT2D eigenvalue weighted by atomic mass is 16.2. The molecular weight excluding hydrogens is 242 g/mol. The maximum absolute atomic E-state index is 11.8. The molecule has 1 amide bonds. The van der Waals surface area contributed by atoms with Gasteiger partial charge in [-0.2, -0.15) is 0 Å². The maximum atomic E-state index is 11.8. The fourth-order valence-corrected chi connectivity index (χ4v) is 1.81. The molecule has 1 aromatic heterocycles. The largest absolute Gasteiger partial charge is 0.353 e. The second-order valence-electron chi connectivity index (χ2n) is 5.24. The van der Waals surface area contributed by atoms with E-state index >= 15 is 0 Å². The highest BCUT2D eigenvalue weighted by molar-refractivity contribution is 5.81. The first-order valence-electron chi connectivity index (χ1n) is 6.88. The number of rotatable bonds is 7. The molecular formula is C13H25N5O. The van der Waals surface area contributed by atoms with E-state index in [1.54, 1.807) is 6.33 Å². The van der Waals surface area contributed by atoms with E-state index in [9.17, 15) is 4.79 Å². The van der Waals surface area contributed by atoms with E-state index in [-0.39, 0.29) is 11.8 Å². The topological polar surface area (TPSA) is 85.8 Å². The van der Waals surface area contributed by atoms with Gasteiger partial charge in [-0.25, -0.2) is 0 Å². The second kappa shape index (κ2) is 7.23. The number of amides is 1. The third kappa shape index (κ3) is 4.31. The monoisotopic (exact) mass is 267 g/mol. The van der Waals surface area contributed by atoms with Crippen molar-refractivity contribution >= 4 is 5.91 Å². The smallest absolute Gasteiger partial charge is 0.237 e. The molecule has 6 nitrogen and oxygen atoms in total. The normalized spacial score (nSPS) is 14.4. The molecule has 0 spiro atoms. The van der Waals surface area contributed by atoms with Crippen molar-refractivity contribution < 1.29 is 4.79 Å². The Morgan fingerprint density at radius 1 is 1.47 bits per heavy atom. The molecule has 0 aliphatic heterocycles. The number of hydrogen-bond donors (Lipinski definition) is 2. The summed E-state index contributed by atoms with van der Waals surface area (Å²) in [5.41, 5.74) is 5.87. The molecule has 2 unspecified atom stereocenters. The summed E-state index contributed by atoms with van der Waals surface area (Å²) in [6.07, 6.45) is 2.59. The van der Waals surface area contributed by atoms with Crippen molar-refractivity contribution in [2.75, 3.05) is 6.54 Å². The van der Waals surface area contributed by atoms with Crippen LogP contribution >= 0.6 is 0 Å². The van der Waals surface area contributed by atoms with Gasteiger partial charge in [0.2, 0.25) is 5.91 Å². The zero-order valence-electron chi connectivity index (χ0n) is 12.3. The van der Waals surface area contributed by atoms with Crippen LogP contribution in [0.25, 0.3) is 0 Å². The second-order valence-corrected chi connectivity index (χ2v) is 5.24. The Kier molecular flexibility index (Phi) is 5.95. The zero-order chi connectivity index (χ0) is 14.4. The molecule has 0 saturated carbocycles. The van der Waals surface area contributed by atoms with Gasteiger partial charge in [0, 0.05) is 19.0 Å². The van der Waals surface area contributed by atoms with Gasteiger partial charge in [0.1, 0.15) is 12.2 Å². The molecule has 19 heavy (non-hydrogen) atoms. The van der Waals surface area contributed by atoms with Crippen LogP contribution < -0.4 is 11.1 Å². The zero-order valence-corrected chi connectivity index (χ0v) is 12.3. The Morgan fingerprint density at radius 3 is 2.74 bits per heavy atom. The van der Waals surface area contributed by atoms with Crippen LogP contribution in [0.2, 0.25) is 0 Å². The van der Waals surface area contributed by atoms with Gasteiger partial charge in [0.25, 0.3) is 0 Å². The molecule has 0 aromatic carbocycles. The van der Waals surface area contributed by atoms with Crippen molar-refractivity contribution in [3.8, 4) is 0 Å². The summed E-state index contributed by atoms with van der Waals surface area (Å²) in [6, 6.07) is -0.435. The van der Waals surface area contributed by atoms with E-state index < -0.39 is 6.04 Å². The maximum Gasteiger partial charge on any atom is 0.237 e. The number of carbonyl (C=O) groups excluding carboxylic acids is 1. The van der Waals surface area contributed by atoms with Crippen LogP contribution in [0.15, 0.2) is 6.33 Å². The summed E-state index contributed by atoms with van der Waals surface area (Å²) >= 11 is 0. The number of nitrogens with one attached hydrogen (secondary N) is 1. The Hall–Kier alpha value is -1.43. The molecule has 1 aromatic rings. The Bertz CT molecular complexity index is 401. The average Bonchev–Trinajstić information content (AvgIpc) is 2.85. The fraction of sp³-hybridized carbons (Fsp3) is 0.769. The molecule has 1 rings (SSSR count). The minimum Gasteiger partial charge on any atom is -0.353 e. The molecule has 0 bridgehead atoms. The van der Waals surface area contributed by atoms with Crippen LogP contribution in [0.1, 0.15) is 45.9 Å². The summed E-state index contributed by atoms with van der Waals surface area (Å²) in [6.45, 7) is 9.36. The molecule has 0 aliphatic rings. The highest BCUT2D eigenvalue weighted by Gasteiger charge is 2.18. The number of carbonyl (C=O) groups is 1. The third-order valence-corrected chi connectivity index (χ3v) is 3.37. The van der Waals surface area contributed by atoms with E-state index in [0.29, 0.717) is 19.0 Å². The van der Waals surface area contributed by atoms with Crippen molar-refractivity contribution in [3.63, 3.8) is 0 Å². The van der Waals surface area contributed by atoms with Crippen LogP contribution in [0.4, 0.5) is 0 Å². The Labute approximate surface area is 114 Å². The van der Waals surface area contributed by atoms with Gasteiger partial charge in [-0.15, -0.1) is 10.2 Å². The van der Waals surface area contributed by atoms with Crippen molar-refractivity contribution in [2.45, 2.75) is 52.6 Å². The number of hydrogen-bond acceptors (Lipinski definition) is 4. The quantitative estimate of drug-likeness (QED) is 0.768. The van der Waals surface area contributed by atoms with Crippen molar-refractivity contribution in [2.24, 2.45) is 11.7 Å². The Morgan fingerprint density at radius 2 is 2.16 bits per heavy atom. The fourth-order valence-electron chi connectivity index (χ4n) is 1.81. The van der Waals surface area contributed by atoms with E-state index in [0.717, 1.165) is 12.2 Å². The van der Waals surface area contributed by atoms with E-state index in [1.165, 1.54) is 0 Å². The number of aromatic nitrogens is 3. The third-order valence-electron chi connectivity index (χ3n) is 3.37. The summed E-state index contributed by atoms with van der Waals surface area (Å²) in [5.74, 6) is 1.36. The van der Waals surface area contributed by atoms with Gasteiger partial charge in [0.05, 0.1) is 6.04 Å². The first kappa shape index (κ1) is 15.6. The first-order chi connectivity index (χ1) is 8.97. The van der Waals surface area contributed by atoms with Crippen molar-refractivity contribution in [3.05, 3.63) is 12.2 Å². The van der Waals surface area contributed by atoms with E-state index in [1.807, 2.05) is 18.4 Å². The number of nitrogens with two attached hydrogens (primary N) is 1. The average molecular weight is 267 g/mol. The summed E-state index contributed by atoms with van der Waals surface area (Å²) in [5, 5.41) is 10.8. The van der Waals surface area contributed by atoms with Crippen LogP contribution in [0.3, 0.4) is 0 Å². The Balaban J connectivity index is 2.42. The number of nitrogens with zero attached hydrogens (tertiary/aromatic N) is 3. The standard InChI is InChI=1S/C13H25N5O/c1-5-10(4)11(14)13(19)15-6-7-18-8-16-17-12(18)9(2)3/h8-11H,5-7,14H2,1-4H3,(H,15,19). The summed E-state index contributed by atoms with van der Waals surface area (Å²) in [7, 11) is 0. The first-order valence-corrected chi connectivity index (χ1v) is 6.88. The molecule has 0 fully saturated rings. The predicted octanol–water partition coefficient (Wildman–Crippen LogP) is 0.891.